The summed E-state index contributed by atoms with van der Waals surface area (Å²) in [4.78, 5) is 27.3. The summed E-state index contributed by atoms with van der Waals surface area (Å²) in [6, 6.07) is 15.6. The van der Waals surface area contributed by atoms with E-state index in [1.807, 2.05) is 43.3 Å². The third-order valence-corrected chi connectivity index (χ3v) is 4.94. The summed E-state index contributed by atoms with van der Waals surface area (Å²) in [5.41, 5.74) is 2.28. The molecule has 1 aromatic heterocycles. The van der Waals surface area contributed by atoms with Crippen LogP contribution in [0.5, 0.6) is 0 Å². The molecule has 2 N–H and O–H groups in total. The van der Waals surface area contributed by atoms with E-state index < -0.39 is 6.04 Å². The number of amides is 2. The third kappa shape index (κ3) is 5.46. The molecule has 0 aliphatic rings. The molecule has 7 nitrogen and oxygen atoms in total. The van der Waals surface area contributed by atoms with Crippen LogP contribution in [0.15, 0.2) is 59.1 Å². The molecular formula is C22H23ClN4O3. The van der Waals surface area contributed by atoms with E-state index in [4.69, 9.17) is 16.1 Å². The average molecular weight is 427 g/mol. The van der Waals surface area contributed by atoms with Crippen molar-refractivity contribution < 1.29 is 14.1 Å². The van der Waals surface area contributed by atoms with Gasteiger partial charge in [-0.1, -0.05) is 53.2 Å². The number of likely N-dealkylation sites (N-methyl/N-ethyl adjacent to an activating group) is 1. The van der Waals surface area contributed by atoms with Gasteiger partial charge in [-0.25, -0.2) is 0 Å². The van der Waals surface area contributed by atoms with Crippen molar-refractivity contribution in [1.29, 1.82) is 0 Å². The van der Waals surface area contributed by atoms with E-state index in [1.165, 1.54) is 0 Å². The normalized spacial score (nSPS) is 11.9. The molecule has 1 heterocycles. The number of hydrogen-bond donors (Lipinski definition) is 2. The molecule has 2 amide bonds. The molecule has 0 saturated heterocycles. The zero-order chi connectivity index (χ0) is 21.7. The molecule has 0 fully saturated rings. The first kappa shape index (κ1) is 21.5. The van der Waals surface area contributed by atoms with Crippen molar-refractivity contribution in [3.05, 3.63) is 76.5 Å². The Morgan fingerprint density at radius 2 is 1.83 bits per heavy atom. The highest BCUT2D eigenvalue weighted by Crippen LogP contribution is 2.24. The number of anilines is 2. The Labute approximate surface area is 180 Å². The SMILES string of the molecule is Cc1cc(NC(=O)CN(C)C(C(=O)Nc2ccc(C)c(Cl)c2)c2ccccc2)no1. The maximum Gasteiger partial charge on any atom is 0.246 e. The largest absolute Gasteiger partial charge is 0.360 e. The number of hydrogen-bond acceptors (Lipinski definition) is 5. The van der Waals surface area contributed by atoms with Crippen LogP contribution in [-0.2, 0) is 9.59 Å². The summed E-state index contributed by atoms with van der Waals surface area (Å²) in [7, 11) is 1.72. The van der Waals surface area contributed by atoms with E-state index in [0.29, 0.717) is 22.3 Å². The lowest BCUT2D eigenvalue weighted by Crippen LogP contribution is -2.39. The zero-order valence-corrected chi connectivity index (χ0v) is 17.7. The van der Waals surface area contributed by atoms with Gasteiger partial charge in [-0.2, -0.15) is 0 Å². The number of rotatable bonds is 7. The lowest BCUT2D eigenvalue weighted by atomic mass is 10.0. The van der Waals surface area contributed by atoms with Crippen molar-refractivity contribution >= 4 is 34.9 Å². The molecular weight excluding hydrogens is 404 g/mol. The molecule has 30 heavy (non-hydrogen) atoms. The van der Waals surface area contributed by atoms with Crippen LogP contribution in [0.25, 0.3) is 0 Å². The number of nitrogens with zero attached hydrogens (tertiary/aromatic N) is 2. The van der Waals surface area contributed by atoms with E-state index >= 15 is 0 Å². The summed E-state index contributed by atoms with van der Waals surface area (Å²) in [5.74, 6) is 0.351. The van der Waals surface area contributed by atoms with Gasteiger partial charge in [-0.15, -0.1) is 0 Å². The number of nitrogens with one attached hydrogen (secondary N) is 2. The van der Waals surface area contributed by atoms with Crippen LogP contribution >= 0.6 is 11.6 Å². The molecule has 1 atom stereocenters. The summed E-state index contributed by atoms with van der Waals surface area (Å²) in [5, 5.41) is 9.88. The fourth-order valence-corrected chi connectivity index (χ4v) is 3.23. The number of aryl methyl sites for hydroxylation is 2. The van der Waals surface area contributed by atoms with E-state index in [9.17, 15) is 9.59 Å². The summed E-state index contributed by atoms with van der Waals surface area (Å²) in [6.07, 6.45) is 0. The lowest BCUT2D eigenvalue weighted by Gasteiger charge is -2.27. The summed E-state index contributed by atoms with van der Waals surface area (Å²) in [6.45, 7) is 3.61. The minimum atomic E-state index is -0.684. The third-order valence-electron chi connectivity index (χ3n) is 4.53. The van der Waals surface area contributed by atoms with Crippen molar-refractivity contribution in [3.8, 4) is 0 Å². The molecule has 0 aliphatic carbocycles. The zero-order valence-electron chi connectivity index (χ0n) is 17.0. The van der Waals surface area contributed by atoms with Crippen molar-refractivity contribution in [2.24, 2.45) is 0 Å². The minimum Gasteiger partial charge on any atom is -0.360 e. The monoisotopic (exact) mass is 426 g/mol. The second-order valence-electron chi connectivity index (χ2n) is 7.05. The first-order valence-corrected chi connectivity index (χ1v) is 9.76. The van der Waals surface area contributed by atoms with Gasteiger partial charge < -0.3 is 15.2 Å². The fourth-order valence-electron chi connectivity index (χ4n) is 3.05. The molecule has 3 rings (SSSR count). The van der Waals surface area contributed by atoms with E-state index in [0.717, 1.165) is 11.1 Å². The fraction of sp³-hybridized carbons (Fsp3) is 0.227. The Balaban J connectivity index is 1.76. The first-order valence-electron chi connectivity index (χ1n) is 9.39. The standard InChI is InChI=1S/C22H23ClN4O3/c1-14-9-10-17(12-18(14)23)24-22(29)21(16-7-5-4-6-8-16)27(3)13-20(28)25-19-11-15(2)30-26-19/h4-12,21H,13H2,1-3H3,(H,24,29)(H,25,26,28). The summed E-state index contributed by atoms with van der Waals surface area (Å²) < 4.78 is 4.96. The second-order valence-corrected chi connectivity index (χ2v) is 7.46. The van der Waals surface area contributed by atoms with E-state index in [1.54, 1.807) is 37.1 Å². The van der Waals surface area contributed by atoms with Gasteiger partial charge in [0.05, 0.1) is 6.54 Å². The molecule has 156 valence electrons. The van der Waals surface area contributed by atoms with Crippen LogP contribution in [-0.4, -0.2) is 35.5 Å². The van der Waals surface area contributed by atoms with E-state index in [2.05, 4.69) is 15.8 Å². The molecule has 0 aliphatic heterocycles. The Hall–Kier alpha value is -3.16. The Morgan fingerprint density at radius 3 is 2.47 bits per heavy atom. The van der Waals surface area contributed by atoms with Crippen LogP contribution < -0.4 is 10.6 Å². The highest BCUT2D eigenvalue weighted by atomic mass is 35.5. The second kappa shape index (κ2) is 9.56. The van der Waals surface area contributed by atoms with Crippen LogP contribution in [0.2, 0.25) is 5.02 Å². The Kier molecular flexibility index (Phi) is 6.87. The molecule has 0 saturated carbocycles. The van der Waals surface area contributed by atoms with Gasteiger partial charge in [0, 0.05) is 16.8 Å². The predicted molar refractivity (Wildman–Crippen MR) is 117 cm³/mol. The van der Waals surface area contributed by atoms with Crippen molar-refractivity contribution in [2.75, 3.05) is 24.2 Å². The minimum absolute atomic E-state index is 0.0203. The molecule has 3 aromatic rings. The van der Waals surface area contributed by atoms with Crippen molar-refractivity contribution in [3.63, 3.8) is 0 Å². The topological polar surface area (TPSA) is 87.5 Å². The van der Waals surface area contributed by atoms with Crippen LogP contribution in [0.1, 0.15) is 22.9 Å². The molecule has 0 bridgehead atoms. The van der Waals surface area contributed by atoms with Gasteiger partial charge in [0.2, 0.25) is 11.8 Å². The first-order chi connectivity index (χ1) is 14.3. The highest BCUT2D eigenvalue weighted by Gasteiger charge is 2.27. The smallest absolute Gasteiger partial charge is 0.246 e. The van der Waals surface area contributed by atoms with Gasteiger partial charge in [-0.05, 0) is 44.2 Å². The molecule has 0 spiro atoms. The number of aromatic nitrogens is 1. The Morgan fingerprint density at radius 1 is 1.10 bits per heavy atom. The number of benzene rings is 2. The van der Waals surface area contributed by atoms with Crippen LogP contribution in [0.3, 0.4) is 0 Å². The Bertz CT molecular complexity index is 1040. The summed E-state index contributed by atoms with van der Waals surface area (Å²) >= 11 is 6.18. The van der Waals surface area contributed by atoms with Crippen LogP contribution in [0.4, 0.5) is 11.5 Å². The molecule has 1 unspecified atom stereocenters. The maximum absolute atomic E-state index is 13.1. The van der Waals surface area contributed by atoms with Gasteiger partial charge >= 0.3 is 0 Å². The van der Waals surface area contributed by atoms with Gasteiger partial charge in [0.25, 0.3) is 0 Å². The number of halogens is 1. The lowest BCUT2D eigenvalue weighted by molar-refractivity contribution is -0.123. The molecule has 0 radical (unpaired) electrons. The quantitative estimate of drug-likeness (QED) is 0.591. The van der Waals surface area contributed by atoms with Crippen molar-refractivity contribution in [1.82, 2.24) is 10.1 Å². The highest BCUT2D eigenvalue weighted by molar-refractivity contribution is 6.31. The van der Waals surface area contributed by atoms with E-state index in [-0.39, 0.29) is 18.4 Å². The van der Waals surface area contributed by atoms with Gasteiger partial charge in [0.15, 0.2) is 5.82 Å². The maximum atomic E-state index is 13.1. The van der Waals surface area contributed by atoms with Gasteiger partial charge in [0.1, 0.15) is 11.8 Å². The van der Waals surface area contributed by atoms with Crippen molar-refractivity contribution in [2.45, 2.75) is 19.9 Å². The van der Waals surface area contributed by atoms with Crippen LogP contribution in [0, 0.1) is 13.8 Å². The van der Waals surface area contributed by atoms with Gasteiger partial charge in [-0.3, -0.25) is 14.5 Å². The predicted octanol–water partition coefficient (Wildman–Crippen LogP) is 4.20. The molecule has 2 aromatic carbocycles. The molecule has 8 heteroatoms. The number of carbonyl (C=O) groups is 2. The average Bonchev–Trinajstić information content (AvgIpc) is 3.10. The number of carbonyl (C=O) groups excluding carboxylic acids is 2.